The van der Waals surface area contributed by atoms with Gasteiger partial charge >= 0.3 is 0 Å². The Kier molecular flexibility index (Phi) is 2.09. The molecule has 1 saturated heterocycles. The Morgan fingerprint density at radius 2 is 2.06 bits per heavy atom. The molecule has 92 valence electrons. The van der Waals surface area contributed by atoms with Gasteiger partial charge in [0.15, 0.2) is 0 Å². The zero-order valence-electron chi connectivity index (χ0n) is 9.98. The number of hydrogen-bond donors (Lipinski definition) is 0. The van der Waals surface area contributed by atoms with Crippen molar-refractivity contribution in [3.63, 3.8) is 0 Å². The Balaban J connectivity index is 1.47. The molecule has 1 aliphatic carbocycles. The largest absolute Gasteiger partial charge is 0.352 e. The standard InChI is InChI=1S/C12H14N6/c1-2-9(1)12-13-4-3-11(15-12)17-7-10(8-17)18-6-5-14-16-18/h3-6,9-10H,1-2,7-8H2. The van der Waals surface area contributed by atoms with Crippen LogP contribution in [-0.2, 0) is 0 Å². The molecule has 2 aliphatic rings. The van der Waals surface area contributed by atoms with E-state index >= 15 is 0 Å². The second-order valence-electron chi connectivity index (χ2n) is 4.99. The molecule has 1 aliphatic heterocycles. The fourth-order valence-electron chi connectivity index (χ4n) is 2.30. The van der Waals surface area contributed by atoms with Gasteiger partial charge in [-0.05, 0) is 18.9 Å². The molecule has 0 atom stereocenters. The topological polar surface area (TPSA) is 59.7 Å². The van der Waals surface area contributed by atoms with E-state index < -0.39 is 0 Å². The van der Waals surface area contributed by atoms with Crippen molar-refractivity contribution in [3.05, 3.63) is 30.5 Å². The van der Waals surface area contributed by atoms with Crippen LogP contribution in [-0.4, -0.2) is 38.1 Å². The maximum Gasteiger partial charge on any atom is 0.133 e. The van der Waals surface area contributed by atoms with Crippen LogP contribution >= 0.6 is 0 Å². The quantitative estimate of drug-likeness (QED) is 0.803. The molecule has 0 amide bonds. The van der Waals surface area contributed by atoms with E-state index in [1.54, 1.807) is 6.20 Å². The second-order valence-corrected chi connectivity index (χ2v) is 4.99. The SMILES string of the molecule is c1cn(C2CN(c3ccnc(C4CC4)n3)C2)nn1. The summed E-state index contributed by atoms with van der Waals surface area (Å²) in [4.78, 5) is 11.3. The number of anilines is 1. The van der Waals surface area contributed by atoms with Crippen LogP contribution in [0.2, 0.25) is 0 Å². The molecule has 3 heterocycles. The van der Waals surface area contributed by atoms with Gasteiger partial charge in [-0.15, -0.1) is 5.10 Å². The molecule has 0 N–H and O–H groups in total. The van der Waals surface area contributed by atoms with E-state index in [4.69, 9.17) is 0 Å². The van der Waals surface area contributed by atoms with Gasteiger partial charge in [0.2, 0.25) is 0 Å². The molecule has 6 nitrogen and oxygen atoms in total. The second kappa shape index (κ2) is 3.76. The Morgan fingerprint density at radius 1 is 1.17 bits per heavy atom. The number of aromatic nitrogens is 5. The molecule has 0 radical (unpaired) electrons. The Labute approximate surface area is 105 Å². The van der Waals surface area contributed by atoms with Gasteiger partial charge in [0.25, 0.3) is 0 Å². The predicted octanol–water partition coefficient (Wildman–Crippen LogP) is 1.01. The first-order valence-corrected chi connectivity index (χ1v) is 6.34. The third kappa shape index (κ3) is 1.64. The summed E-state index contributed by atoms with van der Waals surface area (Å²) in [6.45, 7) is 1.90. The lowest BCUT2D eigenvalue weighted by Crippen LogP contribution is -2.48. The Morgan fingerprint density at radius 3 is 2.78 bits per heavy atom. The smallest absolute Gasteiger partial charge is 0.133 e. The molecular weight excluding hydrogens is 228 g/mol. The average molecular weight is 242 g/mol. The lowest BCUT2D eigenvalue weighted by molar-refractivity contribution is 0.358. The van der Waals surface area contributed by atoms with Crippen LogP contribution in [0.4, 0.5) is 5.82 Å². The molecule has 18 heavy (non-hydrogen) atoms. The predicted molar refractivity (Wildman–Crippen MR) is 65.3 cm³/mol. The van der Waals surface area contributed by atoms with Gasteiger partial charge in [0.1, 0.15) is 11.6 Å². The van der Waals surface area contributed by atoms with E-state index in [1.165, 1.54) is 12.8 Å². The zero-order chi connectivity index (χ0) is 11.9. The molecular formula is C12H14N6. The zero-order valence-corrected chi connectivity index (χ0v) is 9.98. The fourth-order valence-corrected chi connectivity index (χ4v) is 2.30. The maximum atomic E-state index is 4.64. The van der Waals surface area contributed by atoms with Crippen LogP contribution in [0.25, 0.3) is 0 Å². The summed E-state index contributed by atoms with van der Waals surface area (Å²) in [5, 5.41) is 7.87. The molecule has 1 saturated carbocycles. The lowest BCUT2D eigenvalue weighted by Gasteiger charge is -2.39. The van der Waals surface area contributed by atoms with Gasteiger partial charge in [-0.3, -0.25) is 0 Å². The third-order valence-electron chi connectivity index (χ3n) is 3.60. The first-order chi connectivity index (χ1) is 8.90. The molecule has 0 unspecified atom stereocenters. The molecule has 6 heteroatoms. The summed E-state index contributed by atoms with van der Waals surface area (Å²) in [5.41, 5.74) is 0. The van der Waals surface area contributed by atoms with Crippen molar-refractivity contribution in [2.75, 3.05) is 18.0 Å². The van der Waals surface area contributed by atoms with E-state index in [9.17, 15) is 0 Å². The summed E-state index contributed by atoms with van der Waals surface area (Å²) >= 11 is 0. The molecule has 0 aromatic carbocycles. The summed E-state index contributed by atoms with van der Waals surface area (Å²) in [6, 6.07) is 2.41. The highest BCUT2D eigenvalue weighted by Gasteiger charge is 2.31. The van der Waals surface area contributed by atoms with Gasteiger partial charge in [0.05, 0.1) is 12.2 Å². The van der Waals surface area contributed by atoms with E-state index in [-0.39, 0.29) is 0 Å². The van der Waals surface area contributed by atoms with Gasteiger partial charge in [-0.25, -0.2) is 14.6 Å². The van der Waals surface area contributed by atoms with Crippen molar-refractivity contribution in [2.45, 2.75) is 24.8 Å². The van der Waals surface area contributed by atoms with Gasteiger partial charge < -0.3 is 4.90 Å². The van der Waals surface area contributed by atoms with Crippen molar-refractivity contribution < 1.29 is 0 Å². The van der Waals surface area contributed by atoms with E-state index in [0.717, 1.165) is 24.7 Å². The van der Waals surface area contributed by atoms with Gasteiger partial charge in [-0.1, -0.05) is 5.21 Å². The van der Waals surface area contributed by atoms with Crippen molar-refractivity contribution in [2.24, 2.45) is 0 Å². The monoisotopic (exact) mass is 242 g/mol. The van der Waals surface area contributed by atoms with Crippen LogP contribution in [0.5, 0.6) is 0 Å². The summed E-state index contributed by atoms with van der Waals surface area (Å²) in [6.07, 6.45) is 7.99. The minimum absolute atomic E-state index is 0.423. The highest BCUT2D eigenvalue weighted by atomic mass is 15.5. The fraction of sp³-hybridized carbons (Fsp3) is 0.500. The number of nitrogens with zero attached hydrogens (tertiary/aromatic N) is 6. The summed E-state index contributed by atoms with van der Waals surface area (Å²) in [5.74, 6) is 2.66. The normalized spacial score (nSPS) is 19.9. The van der Waals surface area contributed by atoms with E-state index in [2.05, 4.69) is 25.2 Å². The summed E-state index contributed by atoms with van der Waals surface area (Å²) in [7, 11) is 0. The van der Waals surface area contributed by atoms with Crippen molar-refractivity contribution >= 4 is 5.82 Å². The minimum atomic E-state index is 0.423. The van der Waals surface area contributed by atoms with Crippen LogP contribution in [0.1, 0.15) is 30.6 Å². The van der Waals surface area contributed by atoms with Crippen LogP contribution in [0, 0.1) is 0 Å². The molecule has 2 aromatic heterocycles. The molecule has 2 fully saturated rings. The first kappa shape index (κ1) is 9.99. The van der Waals surface area contributed by atoms with Gasteiger partial charge in [0, 0.05) is 31.4 Å². The lowest BCUT2D eigenvalue weighted by atomic mass is 10.1. The van der Waals surface area contributed by atoms with Crippen molar-refractivity contribution in [1.82, 2.24) is 25.0 Å². The average Bonchev–Trinajstić information content (AvgIpc) is 3.06. The highest BCUT2D eigenvalue weighted by molar-refractivity contribution is 5.41. The van der Waals surface area contributed by atoms with Gasteiger partial charge in [-0.2, -0.15) is 0 Å². The number of rotatable bonds is 3. The Bertz CT molecular complexity index is 541. The Hall–Kier alpha value is -1.98. The van der Waals surface area contributed by atoms with E-state index in [0.29, 0.717) is 12.0 Å². The summed E-state index contributed by atoms with van der Waals surface area (Å²) < 4.78 is 1.92. The molecule has 4 rings (SSSR count). The molecule has 0 bridgehead atoms. The minimum Gasteiger partial charge on any atom is -0.352 e. The molecule has 0 spiro atoms. The van der Waals surface area contributed by atoms with Crippen LogP contribution < -0.4 is 4.90 Å². The maximum absolute atomic E-state index is 4.64. The van der Waals surface area contributed by atoms with Crippen LogP contribution in [0.15, 0.2) is 24.7 Å². The van der Waals surface area contributed by atoms with Crippen molar-refractivity contribution in [3.8, 4) is 0 Å². The molecule has 2 aromatic rings. The number of hydrogen-bond acceptors (Lipinski definition) is 5. The van der Waals surface area contributed by atoms with Crippen LogP contribution in [0.3, 0.4) is 0 Å². The van der Waals surface area contributed by atoms with E-state index in [1.807, 2.05) is 23.1 Å². The third-order valence-corrected chi connectivity index (χ3v) is 3.60. The van der Waals surface area contributed by atoms with Crippen molar-refractivity contribution in [1.29, 1.82) is 0 Å². The highest BCUT2D eigenvalue weighted by Crippen LogP contribution is 2.38. The first-order valence-electron chi connectivity index (χ1n) is 6.34.